The summed E-state index contributed by atoms with van der Waals surface area (Å²) >= 11 is 0. The van der Waals surface area contributed by atoms with Crippen LogP contribution in [0.15, 0.2) is 60.8 Å². The Bertz CT molecular complexity index is 902. The highest BCUT2D eigenvalue weighted by molar-refractivity contribution is 5.84. The van der Waals surface area contributed by atoms with Crippen molar-refractivity contribution in [1.29, 1.82) is 0 Å². The zero-order valence-corrected chi connectivity index (χ0v) is 15.4. The van der Waals surface area contributed by atoms with Crippen molar-refractivity contribution >= 4 is 22.8 Å². The molecule has 0 aliphatic carbocycles. The van der Waals surface area contributed by atoms with Crippen molar-refractivity contribution in [3.63, 3.8) is 0 Å². The average molecular weight is 364 g/mol. The van der Waals surface area contributed by atoms with Crippen molar-refractivity contribution in [2.24, 2.45) is 0 Å². The number of fused-ring (bicyclic) bond motifs is 1. The third-order valence-electron chi connectivity index (χ3n) is 4.63. The van der Waals surface area contributed by atoms with Gasteiger partial charge in [-0.15, -0.1) is 0 Å². The Morgan fingerprint density at radius 3 is 2.59 bits per heavy atom. The first-order valence-corrected chi connectivity index (χ1v) is 9.22. The van der Waals surface area contributed by atoms with Crippen LogP contribution in [0.3, 0.4) is 0 Å². The van der Waals surface area contributed by atoms with E-state index < -0.39 is 0 Å². The van der Waals surface area contributed by atoms with Crippen LogP contribution in [0.4, 0.5) is 0 Å². The van der Waals surface area contributed by atoms with E-state index in [1.165, 1.54) is 0 Å². The van der Waals surface area contributed by atoms with Crippen molar-refractivity contribution in [2.75, 3.05) is 13.2 Å². The van der Waals surface area contributed by atoms with E-state index in [4.69, 9.17) is 4.74 Å². The van der Waals surface area contributed by atoms with E-state index in [1.54, 1.807) is 0 Å². The van der Waals surface area contributed by atoms with Gasteiger partial charge in [0.25, 0.3) is 5.91 Å². The summed E-state index contributed by atoms with van der Waals surface area (Å²) in [5.74, 6) is -0.994. The predicted octanol–water partition coefficient (Wildman–Crippen LogP) is 3.56. The number of aromatic amines is 1. The fraction of sp³-hybridized carbons (Fsp3) is 0.273. The highest BCUT2D eigenvalue weighted by atomic mass is 16.5. The van der Waals surface area contributed by atoms with Crippen LogP contribution in [0.5, 0.6) is 0 Å². The Morgan fingerprint density at radius 1 is 1.07 bits per heavy atom. The van der Waals surface area contributed by atoms with Gasteiger partial charge in [-0.2, -0.15) is 0 Å². The molecular formula is C22H24N2O3. The lowest BCUT2D eigenvalue weighted by Gasteiger charge is -2.14. The van der Waals surface area contributed by atoms with E-state index in [0.717, 1.165) is 22.0 Å². The minimum atomic E-state index is -0.365. The molecule has 1 atom stereocenters. The third-order valence-corrected chi connectivity index (χ3v) is 4.63. The molecular weight excluding hydrogens is 340 g/mol. The molecule has 3 rings (SSSR count). The number of H-pyrrole nitrogens is 1. The zero-order valence-electron chi connectivity index (χ0n) is 15.4. The Hall–Kier alpha value is -3.08. The largest absolute Gasteiger partial charge is 0.455 e. The maximum atomic E-state index is 12.3. The van der Waals surface area contributed by atoms with Crippen LogP contribution in [-0.2, 0) is 20.7 Å². The number of ether oxygens (including phenoxy) is 1. The lowest BCUT2D eigenvalue weighted by Crippen LogP contribution is -2.31. The number of benzene rings is 2. The molecule has 5 nitrogen and oxygen atoms in total. The summed E-state index contributed by atoms with van der Waals surface area (Å²) in [5.41, 5.74) is 3.14. The first kappa shape index (κ1) is 18.7. The van der Waals surface area contributed by atoms with E-state index in [1.807, 2.05) is 61.7 Å². The standard InChI is InChI=1S/C22H24N2O3/c1-2-18(16-8-4-3-5-9-16)22(26)27-15-21(25)23-13-12-17-14-24-20-11-7-6-10-19(17)20/h3-11,14,18,24H,2,12-13,15H2,1H3,(H,23,25)/t18-/m1/s1. The van der Waals surface area contributed by atoms with E-state index >= 15 is 0 Å². The maximum absolute atomic E-state index is 12.3. The summed E-state index contributed by atoms with van der Waals surface area (Å²) in [7, 11) is 0. The van der Waals surface area contributed by atoms with Crippen LogP contribution in [0.2, 0.25) is 0 Å². The summed E-state index contributed by atoms with van der Waals surface area (Å²) in [6.45, 7) is 2.17. The normalized spacial score (nSPS) is 11.9. The topological polar surface area (TPSA) is 71.2 Å². The van der Waals surface area contributed by atoms with Gasteiger partial charge in [-0.25, -0.2) is 0 Å². The number of para-hydroxylation sites is 1. The molecule has 1 aromatic heterocycles. The molecule has 0 radical (unpaired) electrons. The summed E-state index contributed by atoms with van der Waals surface area (Å²) < 4.78 is 5.21. The second-order valence-corrected chi connectivity index (χ2v) is 6.44. The Kier molecular flexibility index (Phi) is 6.26. The fourth-order valence-electron chi connectivity index (χ4n) is 3.19. The van der Waals surface area contributed by atoms with Crippen LogP contribution in [0, 0.1) is 0 Å². The SMILES string of the molecule is CC[C@@H](C(=O)OCC(=O)NCCc1c[nH]c2ccccc12)c1ccccc1. The smallest absolute Gasteiger partial charge is 0.313 e. The van der Waals surface area contributed by atoms with Crippen LogP contribution in [-0.4, -0.2) is 30.0 Å². The number of aromatic nitrogens is 1. The van der Waals surface area contributed by atoms with Crippen molar-refractivity contribution < 1.29 is 14.3 Å². The van der Waals surface area contributed by atoms with Gasteiger partial charge in [0, 0.05) is 23.6 Å². The van der Waals surface area contributed by atoms with Crippen molar-refractivity contribution in [1.82, 2.24) is 10.3 Å². The molecule has 0 aliphatic rings. The molecule has 3 aromatic rings. The molecule has 1 amide bonds. The number of hydrogen-bond acceptors (Lipinski definition) is 3. The molecule has 27 heavy (non-hydrogen) atoms. The van der Waals surface area contributed by atoms with Gasteiger partial charge in [-0.05, 0) is 30.0 Å². The van der Waals surface area contributed by atoms with Crippen LogP contribution >= 0.6 is 0 Å². The third kappa shape index (κ3) is 4.76. The van der Waals surface area contributed by atoms with E-state index in [-0.39, 0.29) is 24.4 Å². The zero-order chi connectivity index (χ0) is 19.1. The molecule has 140 valence electrons. The first-order valence-electron chi connectivity index (χ1n) is 9.22. The monoisotopic (exact) mass is 364 g/mol. The molecule has 0 bridgehead atoms. The molecule has 0 saturated heterocycles. The minimum absolute atomic E-state index is 0.254. The second-order valence-electron chi connectivity index (χ2n) is 6.44. The Morgan fingerprint density at radius 2 is 1.81 bits per heavy atom. The highest BCUT2D eigenvalue weighted by Gasteiger charge is 2.20. The molecule has 2 aromatic carbocycles. The van der Waals surface area contributed by atoms with E-state index in [0.29, 0.717) is 19.4 Å². The number of nitrogens with one attached hydrogen (secondary N) is 2. The predicted molar refractivity (Wildman–Crippen MR) is 105 cm³/mol. The van der Waals surface area contributed by atoms with Gasteiger partial charge < -0.3 is 15.0 Å². The summed E-state index contributed by atoms with van der Waals surface area (Å²) in [6.07, 6.45) is 3.30. The fourth-order valence-corrected chi connectivity index (χ4v) is 3.19. The van der Waals surface area contributed by atoms with Gasteiger partial charge >= 0.3 is 5.97 Å². The Labute approximate surface area is 158 Å². The second kappa shape index (κ2) is 9.03. The van der Waals surface area contributed by atoms with E-state index in [9.17, 15) is 9.59 Å². The van der Waals surface area contributed by atoms with Gasteiger partial charge in [0.2, 0.25) is 0 Å². The van der Waals surface area contributed by atoms with Crippen LogP contribution < -0.4 is 5.32 Å². The summed E-state index contributed by atoms with van der Waals surface area (Å²) in [4.78, 5) is 27.5. The van der Waals surface area contributed by atoms with Gasteiger partial charge in [-0.1, -0.05) is 55.5 Å². The molecule has 0 fully saturated rings. The molecule has 5 heteroatoms. The van der Waals surface area contributed by atoms with Gasteiger partial charge in [0.05, 0.1) is 5.92 Å². The lowest BCUT2D eigenvalue weighted by atomic mass is 9.97. The molecule has 0 saturated carbocycles. The number of rotatable bonds is 8. The quantitative estimate of drug-likeness (QED) is 0.600. The Balaban J connectivity index is 1.44. The summed E-state index contributed by atoms with van der Waals surface area (Å²) in [6, 6.07) is 17.5. The van der Waals surface area contributed by atoms with Crippen molar-refractivity contribution in [3.8, 4) is 0 Å². The van der Waals surface area contributed by atoms with Gasteiger partial charge in [0.1, 0.15) is 0 Å². The number of hydrogen-bond donors (Lipinski definition) is 2. The summed E-state index contributed by atoms with van der Waals surface area (Å²) in [5, 5.41) is 3.97. The van der Waals surface area contributed by atoms with Crippen LogP contribution in [0.1, 0.15) is 30.4 Å². The van der Waals surface area contributed by atoms with Crippen LogP contribution in [0.25, 0.3) is 10.9 Å². The maximum Gasteiger partial charge on any atom is 0.313 e. The average Bonchev–Trinajstić information content (AvgIpc) is 3.11. The lowest BCUT2D eigenvalue weighted by molar-refractivity contribution is -0.150. The van der Waals surface area contributed by atoms with Crippen molar-refractivity contribution in [2.45, 2.75) is 25.7 Å². The molecule has 0 unspecified atom stereocenters. The number of carbonyl (C=O) groups excluding carboxylic acids is 2. The minimum Gasteiger partial charge on any atom is -0.455 e. The van der Waals surface area contributed by atoms with E-state index in [2.05, 4.69) is 16.4 Å². The number of amides is 1. The first-order chi connectivity index (χ1) is 13.2. The number of esters is 1. The molecule has 0 aliphatic heterocycles. The molecule has 1 heterocycles. The van der Waals surface area contributed by atoms with Gasteiger partial charge in [0.15, 0.2) is 6.61 Å². The van der Waals surface area contributed by atoms with Gasteiger partial charge in [-0.3, -0.25) is 9.59 Å². The van der Waals surface area contributed by atoms with Crippen molar-refractivity contribution in [3.05, 3.63) is 71.9 Å². The molecule has 2 N–H and O–H groups in total. The highest BCUT2D eigenvalue weighted by Crippen LogP contribution is 2.20. The number of carbonyl (C=O) groups is 2. The molecule has 0 spiro atoms.